The van der Waals surface area contributed by atoms with E-state index in [1.807, 2.05) is 0 Å². The van der Waals surface area contributed by atoms with Crippen LogP contribution in [0, 0.1) is 10.1 Å². The summed E-state index contributed by atoms with van der Waals surface area (Å²) >= 11 is 3.27. The van der Waals surface area contributed by atoms with Crippen LogP contribution >= 0.6 is 15.9 Å². The first-order valence-corrected chi connectivity index (χ1v) is 5.88. The third-order valence-electron chi connectivity index (χ3n) is 1.92. The lowest BCUT2D eigenvalue weighted by Crippen LogP contribution is -2.16. The molecule has 0 amide bonds. The molecule has 18 heavy (non-hydrogen) atoms. The predicted molar refractivity (Wildman–Crippen MR) is 69.5 cm³/mol. The van der Waals surface area contributed by atoms with E-state index >= 15 is 0 Å². The highest BCUT2D eigenvalue weighted by atomic mass is 79.9. The molecule has 0 saturated carbocycles. The van der Waals surface area contributed by atoms with Gasteiger partial charge in [-0.05, 0) is 35.0 Å². The van der Waals surface area contributed by atoms with Crippen molar-refractivity contribution in [2.45, 2.75) is 6.92 Å². The number of anilines is 1. The Hall–Kier alpha value is -1.89. The van der Waals surface area contributed by atoms with Gasteiger partial charge in [-0.15, -0.1) is 0 Å². The zero-order valence-corrected chi connectivity index (χ0v) is 11.1. The number of nitrogens with zero attached hydrogens (tertiary/aromatic N) is 1. The zero-order chi connectivity index (χ0) is 13.5. The van der Waals surface area contributed by atoms with Crippen molar-refractivity contribution in [1.82, 2.24) is 0 Å². The number of carbonyl (C=O) groups is 1. The SMILES string of the molecule is CCOC(=O)C(=CNc1ccccc1Br)[N+](=O)[O-]. The minimum atomic E-state index is -0.970. The number of para-hydroxylation sites is 1. The summed E-state index contributed by atoms with van der Waals surface area (Å²) in [6, 6.07) is 7.05. The van der Waals surface area contributed by atoms with Crippen molar-refractivity contribution >= 4 is 27.6 Å². The number of rotatable bonds is 5. The van der Waals surface area contributed by atoms with Crippen molar-refractivity contribution in [2.75, 3.05) is 11.9 Å². The highest BCUT2D eigenvalue weighted by Gasteiger charge is 2.23. The summed E-state index contributed by atoms with van der Waals surface area (Å²) in [5.74, 6) is -0.970. The number of benzene rings is 1. The van der Waals surface area contributed by atoms with Gasteiger partial charge in [0.2, 0.25) is 0 Å². The molecule has 0 aromatic heterocycles. The summed E-state index contributed by atoms with van der Waals surface area (Å²) in [5, 5.41) is 13.4. The van der Waals surface area contributed by atoms with E-state index in [-0.39, 0.29) is 6.61 Å². The fourth-order valence-corrected chi connectivity index (χ4v) is 1.51. The molecule has 0 aliphatic carbocycles. The first-order chi connectivity index (χ1) is 8.56. The second-order valence-electron chi connectivity index (χ2n) is 3.13. The van der Waals surface area contributed by atoms with Crippen LogP contribution in [0.1, 0.15) is 6.92 Å². The van der Waals surface area contributed by atoms with Crippen LogP contribution in [0.3, 0.4) is 0 Å². The number of halogens is 1. The quantitative estimate of drug-likeness (QED) is 0.391. The van der Waals surface area contributed by atoms with Gasteiger partial charge in [0.25, 0.3) is 0 Å². The Labute approximate surface area is 112 Å². The Morgan fingerprint density at radius 2 is 2.22 bits per heavy atom. The van der Waals surface area contributed by atoms with E-state index in [1.54, 1.807) is 31.2 Å². The molecule has 0 aliphatic heterocycles. The number of hydrogen-bond donors (Lipinski definition) is 1. The predicted octanol–water partition coefficient (Wildman–Crippen LogP) is 2.54. The normalized spacial score (nSPS) is 10.9. The van der Waals surface area contributed by atoms with Crippen LogP contribution in [-0.4, -0.2) is 17.5 Å². The van der Waals surface area contributed by atoms with Gasteiger partial charge in [0.05, 0.1) is 23.4 Å². The first kappa shape index (κ1) is 14.2. The highest BCUT2D eigenvalue weighted by Crippen LogP contribution is 2.21. The molecule has 0 aliphatic rings. The topological polar surface area (TPSA) is 81.5 Å². The molecule has 0 bridgehead atoms. The van der Waals surface area contributed by atoms with Crippen LogP contribution in [0.15, 0.2) is 40.6 Å². The van der Waals surface area contributed by atoms with Gasteiger partial charge in [-0.2, -0.15) is 0 Å². The van der Waals surface area contributed by atoms with Gasteiger partial charge in [-0.3, -0.25) is 10.1 Å². The van der Waals surface area contributed by atoms with Crippen molar-refractivity contribution in [2.24, 2.45) is 0 Å². The Morgan fingerprint density at radius 3 is 2.78 bits per heavy atom. The number of nitrogens with one attached hydrogen (secondary N) is 1. The molecule has 6 nitrogen and oxygen atoms in total. The molecule has 1 aromatic rings. The van der Waals surface area contributed by atoms with Crippen LogP contribution < -0.4 is 5.32 Å². The van der Waals surface area contributed by atoms with Crippen molar-refractivity contribution in [3.63, 3.8) is 0 Å². The minimum Gasteiger partial charge on any atom is -0.458 e. The van der Waals surface area contributed by atoms with Crippen LogP contribution in [-0.2, 0) is 9.53 Å². The fourth-order valence-electron chi connectivity index (χ4n) is 1.12. The minimum absolute atomic E-state index is 0.0824. The molecule has 7 heteroatoms. The molecule has 1 rings (SSSR count). The Balaban J connectivity index is 2.88. The largest absolute Gasteiger partial charge is 0.458 e. The number of carbonyl (C=O) groups excluding carboxylic acids is 1. The molecule has 0 spiro atoms. The average Bonchev–Trinajstić information content (AvgIpc) is 2.31. The molecule has 96 valence electrons. The summed E-state index contributed by atoms with van der Waals surface area (Å²) in [6.07, 6.45) is 1.01. The Kier molecular flexibility index (Phi) is 5.31. The third-order valence-corrected chi connectivity index (χ3v) is 2.61. The maximum Gasteiger partial charge on any atom is 0.411 e. The van der Waals surface area contributed by atoms with E-state index in [0.717, 1.165) is 10.7 Å². The molecule has 0 heterocycles. The molecule has 0 fully saturated rings. The van der Waals surface area contributed by atoms with Gasteiger partial charge in [0.1, 0.15) is 0 Å². The Morgan fingerprint density at radius 1 is 1.56 bits per heavy atom. The smallest absolute Gasteiger partial charge is 0.411 e. The van der Waals surface area contributed by atoms with Gasteiger partial charge >= 0.3 is 11.7 Å². The van der Waals surface area contributed by atoms with Crippen molar-refractivity contribution in [3.8, 4) is 0 Å². The molecule has 0 saturated heterocycles. The molecule has 1 aromatic carbocycles. The summed E-state index contributed by atoms with van der Waals surface area (Å²) in [5.41, 5.74) is -0.0336. The molecular formula is C11H11BrN2O4. The molecule has 0 unspecified atom stereocenters. The average molecular weight is 315 g/mol. The summed E-state index contributed by atoms with van der Waals surface area (Å²) in [6.45, 7) is 1.66. The van der Waals surface area contributed by atoms with Crippen LogP contribution in [0.5, 0.6) is 0 Å². The number of nitro groups is 1. The van der Waals surface area contributed by atoms with Gasteiger partial charge in [0.15, 0.2) is 0 Å². The van der Waals surface area contributed by atoms with E-state index in [4.69, 9.17) is 0 Å². The molecule has 1 N–H and O–H groups in total. The van der Waals surface area contributed by atoms with Crippen LogP contribution in [0.2, 0.25) is 0 Å². The van der Waals surface area contributed by atoms with Gasteiger partial charge in [-0.25, -0.2) is 4.79 Å². The Bertz CT molecular complexity index is 488. The second-order valence-corrected chi connectivity index (χ2v) is 3.99. The van der Waals surface area contributed by atoms with Crippen molar-refractivity contribution in [1.29, 1.82) is 0 Å². The maximum absolute atomic E-state index is 11.3. The fraction of sp³-hybridized carbons (Fsp3) is 0.182. The van der Waals surface area contributed by atoms with E-state index in [2.05, 4.69) is 26.0 Å². The summed E-state index contributed by atoms with van der Waals surface area (Å²) in [4.78, 5) is 21.2. The lowest BCUT2D eigenvalue weighted by Gasteiger charge is -2.03. The van der Waals surface area contributed by atoms with Gasteiger partial charge < -0.3 is 10.1 Å². The van der Waals surface area contributed by atoms with E-state index in [9.17, 15) is 14.9 Å². The van der Waals surface area contributed by atoms with Crippen molar-refractivity contribution < 1.29 is 14.5 Å². The first-order valence-electron chi connectivity index (χ1n) is 5.09. The number of esters is 1. The molecular weight excluding hydrogens is 304 g/mol. The lowest BCUT2D eigenvalue weighted by molar-refractivity contribution is -0.421. The standard InChI is InChI=1S/C11H11BrN2O4/c1-2-18-11(15)10(14(16)17)7-13-9-6-4-3-5-8(9)12/h3-7,13H,2H2,1H3. The van der Waals surface area contributed by atoms with E-state index < -0.39 is 16.6 Å². The maximum atomic E-state index is 11.3. The van der Waals surface area contributed by atoms with Crippen molar-refractivity contribution in [3.05, 3.63) is 50.7 Å². The highest BCUT2D eigenvalue weighted by molar-refractivity contribution is 9.10. The number of ether oxygens (including phenoxy) is 1. The number of hydrogen-bond acceptors (Lipinski definition) is 5. The molecule has 0 atom stereocenters. The van der Waals surface area contributed by atoms with E-state index in [0.29, 0.717) is 5.69 Å². The van der Waals surface area contributed by atoms with E-state index in [1.165, 1.54) is 0 Å². The van der Waals surface area contributed by atoms with Crippen LogP contribution in [0.4, 0.5) is 5.69 Å². The van der Waals surface area contributed by atoms with Gasteiger partial charge in [0, 0.05) is 4.47 Å². The lowest BCUT2D eigenvalue weighted by atomic mass is 10.3. The van der Waals surface area contributed by atoms with Gasteiger partial charge in [-0.1, -0.05) is 12.1 Å². The second kappa shape index (κ2) is 6.75. The summed E-state index contributed by atoms with van der Waals surface area (Å²) < 4.78 is 5.31. The summed E-state index contributed by atoms with van der Waals surface area (Å²) in [7, 11) is 0. The third kappa shape index (κ3) is 3.85. The molecule has 0 radical (unpaired) electrons. The zero-order valence-electron chi connectivity index (χ0n) is 9.55. The monoisotopic (exact) mass is 314 g/mol. The van der Waals surface area contributed by atoms with Crippen LogP contribution in [0.25, 0.3) is 0 Å².